The lowest BCUT2D eigenvalue weighted by molar-refractivity contribution is -0.116. The third kappa shape index (κ3) is 4.65. The van der Waals surface area contributed by atoms with Crippen molar-refractivity contribution in [1.29, 1.82) is 0 Å². The number of thioether (sulfide) groups is 1. The molecule has 3 aromatic rings. The molecular weight excluding hydrogens is 358 g/mol. The van der Waals surface area contributed by atoms with Gasteiger partial charge in [-0.25, -0.2) is 4.98 Å². The predicted molar refractivity (Wildman–Crippen MR) is 110 cm³/mol. The van der Waals surface area contributed by atoms with E-state index in [0.717, 1.165) is 12.0 Å². The van der Waals surface area contributed by atoms with E-state index in [1.54, 1.807) is 0 Å². The molecule has 5 nitrogen and oxygen atoms in total. The largest absolute Gasteiger partial charge is 0.325 e. The molecular formula is C21H21N3O2S. The van der Waals surface area contributed by atoms with Crippen LogP contribution in [0.2, 0.25) is 0 Å². The molecule has 6 heteroatoms. The van der Waals surface area contributed by atoms with Gasteiger partial charge in [-0.05, 0) is 30.4 Å². The van der Waals surface area contributed by atoms with Gasteiger partial charge >= 0.3 is 0 Å². The number of rotatable bonds is 6. The maximum absolute atomic E-state index is 12.6. The summed E-state index contributed by atoms with van der Waals surface area (Å²) in [6.07, 6.45) is 2.79. The zero-order chi connectivity index (χ0) is 19.2. The molecule has 27 heavy (non-hydrogen) atoms. The highest BCUT2D eigenvalue weighted by Crippen LogP contribution is 2.19. The number of amides is 1. The molecule has 0 aliphatic carbocycles. The lowest BCUT2D eigenvalue weighted by atomic mass is 10.1. The number of nitrogens with zero attached hydrogens (tertiary/aromatic N) is 2. The van der Waals surface area contributed by atoms with Crippen molar-refractivity contribution in [2.75, 3.05) is 11.6 Å². The molecule has 1 amide bonds. The quantitative estimate of drug-likeness (QED) is 0.522. The molecule has 0 aliphatic heterocycles. The second-order valence-corrected chi connectivity index (χ2v) is 6.79. The fourth-order valence-electron chi connectivity index (χ4n) is 2.71. The molecule has 0 saturated heterocycles. The van der Waals surface area contributed by atoms with E-state index in [0.29, 0.717) is 16.5 Å². The van der Waals surface area contributed by atoms with Crippen molar-refractivity contribution >= 4 is 23.4 Å². The molecule has 0 bridgehead atoms. The summed E-state index contributed by atoms with van der Waals surface area (Å²) in [4.78, 5) is 29.5. The first-order valence-electron chi connectivity index (χ1n) is 8.70. The second-order valence-electron chi connectivity index (χ2n) is 6.02. The van der Waals surface area contributed by atoms with Gasteiger partial charge in [-0.1, -0.05) is 61.2 Å². The number of carbonyl (C=O) groups excluding carboxylic acids is 1. The van der Waals surface area contributed by atoms with Crippen LogP contribution in [-0.2, 0) is 17.8 Å². The lowest BCUT2D eigenvalue weighted by Gasteiger charge is -2.12. The first kappa shape index (κ1) is 18.9. The van der Waals surface area contributed by atoms with Crippen LogP contribution in [0.3, 0.4) is 0 Å². The maximum atomic E-state index is 12.6. The van der Waals surface area contributed by atoms with Gasteiger partial charge in [-0.3, -0.25) is 14.2 Å². The summed E-state index contributed by atoms with van der Waals surface area (Å²) >= 11 is 1.34. The average Bonchev–Trinajstić information content (AvgIpc) is 2.70. The number of nitrogens with one attached hydrogen (secondary N) is 1. The highest BCUT2D eigenvalue weighted by Gasteiger charge is 2.13. The van der Waals surface area contributed by atoms with Crippen LogP contribution in [0.25, 0.3) is 11.3 Å². The van der Waals surface area contributed by atoms with Crippen LogP contribution in [0.5, 0.6) is 0 Å². The molecule has 2 aromatic carbocycles. The highest BCUT2D eigenvalue weighted by molar-refractivity contribution is 7.98. The summed E-state index contributed by atoms with van der Waals surface area (Å²) in [6.45, 7) is 2.00. The molecule has 1 aromatic heterocycles. The Labute approximate surface area is 162 Å². The van der Waals surface area contributed by atoms with E-state index in [9.17, 15) is 9.59 Å². The smallest absolute Gasteiger partial charge is 0.255 e. The van der Waals surface area contributed by atoms with Crippen molar-refractivity contribution in [1.82, 2.24) is 9.55 Å². The summed E-state index contributed by atoms with van der Waals surface area (Å²) in [7, 11) is 0. The van der Waals surface area contributed by atoms with Gasteiger partial charge in [0.05, 0.1) is 5.69 Å². The minimum absolute atomic E-state index is 0.0768. The minimum Gasteiger partial charge on any atom is -0.325 e. The second kappa shape index (κ2) is 8.68. The fourth-order valence-corrected chi connectivity index (χ4v) is 3.28. The fraction of sp³-hybridized carbons (Fsp3) is 0.190. The molecule has 138 valence electrons. The van der Waals surface area contributed by atoms with Crippen molar-refractivity contribution in [3.8, 4) is 11.3 Å². The highest BCUT2D eigenvalue weighted by atomic mass is 32.2. The van der Waals surface area contributed by atoms with E-state index >= 15 is 0 Å². The SMILES string of the molecule is CCc1ccc(NC(=O)Cn2c(SC)nc(-c3ccccc3)cc2=O)cc1. The van der Waals surface area contributed by atoms with Crippen molar-refractivity contribution in [2.24, 2.45) is 0 Å². The van der Waals surface area contributed by atoms with E-state index < -0.39 is 0 Å². The van der Waals surface area contributed by atoms with Gasteiger partial charge in [-0.15, -0.1) is 0 Å². The van der Waals surface area contributed by atoms with Gasteiger partial charge in [0.25, 0.3) is 5.56 Å². The summed E-state index contributed by atoms with van der Waals surface area (Å²) < 4.78 is 1.40. The van der Waals surface area contributed by atoms with Crippen molar-refractivity contribution in [3.63, 3.8) is 0 Å². The zero-order valence-corrected chi connectivity index (χ0v) is 16.1. The summed E-state index contributed by atoms with van der Waals surface area (Å²) in [5, 5.41) is 3.34. The van der Waals surface area contributed by atoms with E-state index in [-0.39, 0.29) is 18.0 Å². The van der Waals surface area contributed by atoms with Crippen LogP contribution >= 0.6 is 11.8 Å². The Morgan fingerprint density at radius 2 is 1.81 bits per heavy atom. The minimum atomic E-state index is -0.258. The molecule has 0 saturated carbocycles. The molecule has 0 radical (unpaired) electrons. The number of aryl methyl sites for hydroxylation is 1. The van der Waals surface area contributed by atoms with Crippen LogP contribution < -0.4 is 10.9 Å². The molecule has 0 spiro atoms. The monoisotopic (exact) mass is 379 g/mol. The van der Waals surface area contributed by atoms with Gasteiger partial charge in [0.2, 0.25) is 5.91 Å². The number of aromatic nitrogens is 2. The normalized spacial score (nSPS) is 10.6. The van der Waals surface area contributed by atoms with E-state index in [2.05, 4.69) is 17.2 Å². The lowest BCUT2D eigenvalue weighted by Crippen LogP contribution is -2.29. The van der Waals surface area contributed by atoms with E-state index in [4.69, 9.17) is 0 Å². The molecule has 3 rings (SSSR count). The molecule has 1 heterocycles. The number of hydrogen-bond donors (Lipinski definition) is 1. The molecule has 0 unspecified atom stereocenters. The maximum Gasteiger partial charge on any atom is 0.255 e. The number of benzene rings is 2. The third-order valence-corrected chi connectivity index (χ3v) is 4.85. The molecule has 1 N–H and O–H groups in total. The third-order valence-electron chi connectivity index (χ3n) is 4.17. The van der Waals surface area contributed by atoms with Crippen molar-refractivity contribution < 1.29 is 4.79 Å². The molecule has 0 aliphatic rings. The Bertz CT molecular complexity index is 983. The van der Waals surface area contributed by atoms with Crippen molar-refractivity contribution in [3.05, 3.63) is 76.6 Å². The molecule has 0 fully saturated rings. The number of hydrogen-bond acceptors (Lipinski definition) is 4. The Morgan fingerprint density at radius 1 is 1.11 bits per heavy atom. The standard InChI is InChI=1S/C21H21N3O2S/c1-3-15-9-11-17(12-10-15)22-19(25)14-24-20(26)13-18(23-21(24)27-2)16-7-5-4-6-8-16/h4-13H,3,14H2,1-2H3,(H,22,25). The van der Waals surface area contributed by atoms with Gasteiger partial charge in [0.15, 0.2) is 5.16 Å². The summed E-state index contributed by atoms with van der Waals surface area (Å²) in [6, 6.07) is 18.7. The summed E-state index contributed by atoms with van der Waals surface area (Å²) in [5.41, 5.74) is 3.15. The van der Waals surface area contributed by atoms with Crippen LogP contribution in [0.15, 0.2) is 70.6 Å². The van der Waals surface area contributed by atoms with Crippen LogP contribution in [0.4, 0.5) is 5.69 Å². The Balaban J connectivity index is 1.81. The van der Waals surface area contributed by atoms with Crippen molar-refractivity contribution in [2.45, 2.75) is 25.0 Å². The predicted octanol–water partition coefficient (Wildman–Crippen LogP) is 3.83. The van der Waals surface area contributed by atoms with E-state index in [1.165, 1.54) is 28.0 Å². The number of anilines is 1. The first-order chi connectivity index (χ1) is 13.1. The average molecular weight is 379 g/mol. The Kier molecular flexibility index (Phi) is 6.08. The first-order valence-corrected chi connectivity index (χ1v) is 9.93. The topological polar surface area (TPSA) is 64.0 Å². The van der Waals surface area contributed by atoms with E-state index in [1.807, 2.05) is 60.9 Å². The van der Waals surface area contributed by atoms with Crippen LogP contribution in [0, 0.1) is 0 Å². The Morgan fingerprint density at radius 3 is 2.44 bits per heavy atom. The zero-order valence-electron chi connectivity index (χ0n) is 15.3. The van der Waals surface area contributed by atoms with Gasteiger partial charge in [-0.2, -0.15) is 0 Å². The summed E-state index contributed by atoms with van der Waals surface area (Å²) in [5.74, 6) is -0.258. The van der Waals surface area contributed by atoms with Gasteiger partial charge < -0.3 is 5.32 Å². The van der Waals surface area contributed by atoms with Crippen LogP contribution in [-0.4, -0.2) is 21.7 Å². The Hall–Kier alpha value is -2.86. The molecule has 0 atom stereocenters. The van der Waals surface area contributed by atoms with Gasteiger partial charge in [0, 0.05) is 17.3 Å². The van der Waals surface area contributed by atoms with Gasteiger partial charge in [0.1, 0.15) is 6.54 Å². The number of carbonyl (C=O) groups is 1. The van der Waals surface area contributed by atoms with Crippen LogP contribution in [0.1, 0.15) is 12.5 Å².